The van der Waals surface area contributed by atoms with Crippen molar-refractivity contribution in [1.82, 2.24) is 4.98 Å². The van der Waals surface area contributed by atoms with Crippen molar-refractivity contribution < 1.29 is 14.3 Å². The molecule has 0 aliphatic rings. The molecule has 2 N–H and O–H groups in total. The quantitative estimate of drug-likeness (QED) is 0.412. The summed E-state index contributed by atoms with van der Waals surface area (Å²) < 4.78 is 5.80. The number of hydrogen-bond acceptors (Lipinski definition) is 5. The first-order valence-electron chi connectivity index (χ1n) is 10.5. The fraction of sp³-hybridized carbons (Fsp3) is 0.0370. The van der Waals surface area contributed by atoms with Gasteiger partial charge in [0.2, 0.25) is 0 Å². The number of pyridine rings is 1. The Hall–Kier alpha value is -4.96. The highest BCUT2D eigenvalue weighted by Crippen LogP contribution is 2.20. The van der Waals surface area contributed by atoms with Gasteiger partial charge in [-0.2, -0.15) is 5.26 Å². The summed E-state index contributed by atoms with van der Waals surface area (Å²) >= 11 is 0. The van der Waals surface area contributed by atoms with Gasteiger partial charge in [0, 0.05) is 40.5 Å². The van der Waals surface area contributed by atoms with E-state index in [0.29, 0.717) is 33.8 Å². The number of ether oxygens (including phenoxy) is 1. The van der Waals surface area contributed by atoms with Gasteiger partial charge in [-0.25, -0.2) is 0 Å². The molecule has 0 atom stereocenters. The molecule has 0 saturated heterocycles. The van der Waals surface area contributed by atoms with Gasteiger partial charge in [0.15, 0.2) is 0 Å². The second-order valence-corrected chi connectivity index (χ2v) is 7.31. The van der Waals surface area contributed by atoms with E-state index in [1.807, 2.05) is 12.1 Å². The zero-order valence-electron chi connectivity index (χ0n) is 18.1. The molecular weight excluding hydrogens is 428 g/mol. The Kier molecular flexibility index (Phi) is 6.91. The van der Waals surface area contributed by atoms with Gasteiger partial charge < -0.3 is 15.4 Å². The van der Waals surface area contributed by atoms with Crippen LogP contribution in [-0.2, 0) is 6.61 Å². The molecule has 4 rings (SSSR count). The standard InChI is InChI=1S/C27H20N4O3/c28-17-21-5-1-2-6-22(21)18-34-25-10-3-7-20(15-25)27(33)31-24-9-4-8-23(16-24)30-26(32)19-11-13-29-14-12-19/h1-16H,18H2,(H,30,32)(H,31,33). The molecule has 3 aromatic carbocycles. The Morgan fingerprint density at radius 1 is 0.794 bits per heavy atom. The maximum absolute atomic E-state index is 12.8. The molecule has 7 nitrogen and oxygen atoms in total. The summed E-state index contributed by atoms with van der Waals surface area (Å²) in [4.78, 5) is 29.0. The first kappa shape index (κ1) is 22.2. The van der Waals surface area contributed by atoms with E-state index >= 15 is 0 Å². The van der Waals surface area contributed by atoms with Gasteiger partial charge in [-0.15, -0.1) is 0 Å². The molecule has 0 aliphatic heterocycles. The highest BCUT2D eigenvalue weighted by Gasteiger charge is 2.10. The summed E-state index contributed by atoms with van der Waals surface area (Å²) in [5.74, 6) is -0.0760. The van der Waals surface area contributed by atoms with Gasteiger partial charge in [-0.1, -0.05) is 30.3 Å². The van der Waals surface area contributed by atoms with E-state index in [2.05, 4.69) is 21.7 Å². The second kappa shape index (κ2) is 10.6. The van der Waals surface area contributed by atoms with Crippen molar-refractivity contribution in [2.24, 2.45) is 0 Å². The maximum Gasteiger partial charge on any atom is 0.255 e. The second-order valence-electron chi connectivity index (χ2n) is 7.31. The number of nitrogens with one attached hydrogen (secondary N) is 2. The Balaban J connectivity index is 1.40. The number of carbonyl (C=O) groups is 2. The summed E-state index contributed by atoms with van der Waals surface area (Å²) in [7, 11) is 0. The lowest BCUT2D eigenvalue weighted by Gasteiger charge is -2.11. The average molecular weight is 448 g/mol. The lowest BCUT2D eigenvalue weighted by molar-refractivity contribution is 0.101. The molecule has 0 bridgehead atoms. The van der Waals surface area contributed by atoms with Crippen LogP contribution in [-0.4, -0.2) is 16.8 Å². The average Bonchev–Trinajstić information content (AvgIpc) is 2.88. The van der Waals surface area contributed by atoms with Crippen molar-refractivity contribution in [2.45, 2.75) is 6.61 Å². The normalized spacial score (nSPS) is 10.1. The number of hydrogen-bond donors (Lipinski definition) is 2. The minimum absolute atomic E-state index is 0.216. The molecule has 166 valence electrons. The molecule has 0 saturated carbocycles. The lowest BCUT2D eigenvalue weighted by Crippen LogP contribution is -2.14. The van der Waals surface area contributed by atoms with Crippen LogP contribution >= 0.6 is 0 Å². The Labute approximate surface area is 196 Å². The molecule has 34 heavy (non-hydrogen) atoms. The SMILES string of the molecule is N#Cc1ccccc1COc1cccc(C(=O)Nc2cccc(NC(=O)c3ccncc3)c2)c1. The summed E-state index contributed by atoms with van der Waals surface area (Å²) in [5.41, 5.74) is 3.30. The molecule has 0 unspecified atom stereocenters. The van der Waals surface area contributed by atoms with Gasteiger partial charge in [0.1, 0.15) is 12.4 Å². The third-order valence-electron chi connectivity index (χ3n) is 4.95. The molecule has 0 spiro atoms. The number of nitrogens with zero attached hydrogens (tertiary/aromatic N) is 2. The third-order valence-corrected chi connectivity index (χ3v) is 4.95. The molecular formula is C27H20N4O3. The van der Waals surface area contributed by atoms with E-state index in [1.165, 1.54) is 0 Å². The molecule has 0 radical (unpaired) electrons. The molecule has 2 amide bonds. The van der Waals surface area contributed by atoms with Crippen molar-refractivity contribution >= 4 is 23.2 Å². The van der Waals surface area contributed by atoms with E-state index < -0.39 is 0 Å². The van der Waals surface area contributed by atoms with Crippen molar-refractivity contribution in [2.75, 3.05) is 10.6 Å². The smallest absolute Gasteiger partial charge is 0.255 e. The number of rotatable bonds is 7. The van der Waals surface area contributed by atoms with Gasteiger partial charge in [0.05, 0.1) is 11.6 Å². The first-order valence-corrected chi connectivity index (χ1v) is 10.5. The first-order chi connectivity index (χ1) is 16.6. The largest absolute Gasteiger partial charge is 0.489 e. The van der Waals surface area contributed by atoms with Gasteiger partial charge in [-0.3, -0.25) is 14.6 Å². The Morgan fingerprint density at radius 3 is 2.21 bits per heavy atom. The molecule has 4 aromatic rings. The minimum Gasteiger partial charge on any atom is -0.489 e. The predicted molar refractivity (Wildman–Crippen MR) is 129 cm³/mol. The summed E-state index contributed by atoms with van der Waals surface area (Å²) in [5, 5.41) is 14.8. The Bertz CT molecular complexity index is 1360. The van der Waals surface area contributed by atoms with Gasteiger partial charge >= 0.3 is 0 Å². The van der Waals surface area contributed by atoms with Crippen LogP contribution in [0.3, 0.4) is 0 Å². The molecule has 7 heteroatoms. The van der Waals surface area contributed by atoms with Crippen LogP contribution in [0.15, 0.2) is 97.3 Å². The molecule has 1 aromatic heterocycles. The van der Waals surface area contributed by atoms with E-state index in [4.69, 9.17) is 4.74 Å². The highest BCUT2D eigenvalue weighted by atomic mass is 16.5. The van der Waals surface area contributed by atoms with E-state index in [0.717, 1.165) is 5.56 Å². The van der Waals surface area contributed by atoms with Gasteiger partial charge in [0.25, 0.3) is 11.8 Å². The van der Waals surface area contributed by atoms with Crippen molar-refractivity contribution in [3.8, 4) is 11.8 Å². The van der Waals surface area contributed by atoms with Crippen LogP contribution in [0.4, 0.5) is 11.4 Å². The fourth-order valence-electron chi connectivity index (χ4n) is 3.23. The summed E-state index contributed by atoms with van der Waals surface area (Å²) in [6.07, 6.45) is 3.09. The van der Waals surface area contributed by atoms with Crippen LogP contribution in [0.25, 0.3) is 0 Å². The van der Waals surface area contributed by atoms with Crippen LogP contribution < -0.4 is 15.4 Å². The van der Waals surface area contributed by atoms with Crippen LogP contribution in [0, 0.1) is 11.3 Å². The number of nitriles is 1. The number of amides is 2. The third kappa shape index (κ3) is 5.64. The van der Waals surface area contributed by atoms with Crippen LogP contribution in [0.5, 0.6) is 5.75 Å². The number of carbonyl (C=O) groups excluding carboxylic acids is 2. The van der Waals surface area contributed by atoms with Gasteiger partial charge in [-0.05, 0) is 54.6 Å². The zero-order chi connectivity index (χ0) is 23.8. The van der Waals surface area contributed by atoms with E-state index in [1.54, 1.807) is 85.2 Å². The topological polar surface area (TPSA) is 104 Å². The Morgan fingerprint density at radius 2 is 1.47 bits per heavy atom. The molecule has 1 heterocycles. The van der Waals surface area contributed by atoms with Crippen molar-refractivity contribution in [3.05, 3.63) is 120 Å². The van der Waals surface area contributed by atoms with E-state index in [9.17, 15) is 14.9 Å². The zero-order valence-corrected chi connectivity index (χ0v) is 18.1. The highest BCUT2D eigenvalue weighted by molar-refractivity contribution is 6.06. The monoisotopic (exact) mass is 448 g/mol. The number of aromatic nitrogens is 1. The summed E-state index contributed by atoms with van der Waals surface area (Å²) in [6, 6.07) is 26.3. The summed E-state index contributed by atoms with van der Waals surface area (Å²) in [6.45, 7) is 0.216. The molecule has 0 fully saturated rings. The van der Waals surface area contributed by atoms with Crippen molar-refractivity contribution in [3.63, 3.8) is 0 Å². The van der Waals surface area contributed by atoms with Crippen LogP contribution in [0.1, 0.15) is 31.8 Å². The maximum atomic E-state index is 12.8. The van der Waals surface area contributed by atoms with Crippen molar-refractivity contribution in [1.29, 1.82) is 5.26 Å². The van der Waals surface area contributed by atoms with E-state index in [-0.39, 0.29) is 18.4 Å². The minimum atomic E-state index is -0.319. The fourth-order valence-corrected chi connectivity index (χ4v) is 3.23. The molecule has 0 aliphatic carbocycles. The predicted octanol–water partition coefficient (Wildman–Crippen LogP) is 5.04. The van der Waals surface area contributed by atoms with Crippen LogP contribution in [0.2, 0.25) is 0 Å². The number of benzene rings is 3. The number of anilines is 2. The lowest BCUT2D eigenvalue weighted by atomic mass is 10.1.